The third-order valence-electron chi connectivity index (χ3n) is 5.59. The maximum atomic E-state index is 13.6. The lowest BCUT2D eigenvalue weighted by Crippen LogP contribution is -2.09. The first-order valence-corrected chi connectivity index (χ1v) is 10.5. The van der Waals surface area contributed by atoms with E-state index < -0.39 is 22.3 Å². The van der Waals surface area contributed by atoms with Crippen LogP contribution in [0.2, 0.25) is 0 Å². The molecule has 0 atom stereocenters. The van der Waals surface area contributed by atoms with Gasteiger partial charge in [-0.2, -0.15) is 4.39 Å². The number of nitrogens with one attached hydrogen (secondary N) is 1. The summed E-state index contributed by atoms with van der Waals surface area (Å²) in [5.74, 6) is -1.40. The maximum absolute atomic E-state index is 13.6. The molecular formula is C26H20F2N2O5. The number of halogens is 2. The van der Waals surface area contributed by atoms with Crippen molar-refractivity contribution in [3.05, 3.63) is 93.7 Å². The lowest BCUT2D eigenvalue weighted by Gasteiger charge is -2.13. The van der Waals surface area contributed by atoms with Gasteiger partial charge in [-0.25, -0.2) is 4.39 Å². The lowest BCUT2D eigenvalue weighted by molar-refractivity contribution is -0.387. The minimum Gasteiger partial charge on any atom is -0.496 e. The van der Waals surface area contributed by atoms with Crippen LogP contribution in [0.4, 0.5) is 20.2 Å². The van der Waals surface area contributed by atoms with E-state index in [-0.39, 0.29) is 11.5 Å². The Balaban J connectivity index is 1.73. The van der Waals surface area contributed by atoms with Gasteiger partial charge in [0.05, 0.1) is 18.3 Å². The number of nitrogens with zero attached hydrogens (tertiary/aromatic N) is 1. The molecule has 0 fully saturated rings. The lowest BCUT2D eigenvalue weighted by atomic mass is 9.96. The molecule has 0 saturated carbocycles. The molecule has 0 aliphatic carbocycles. The van der Waals surface area contributed by atoms with Gasteiger partial charge in [-0.3, -0.25) is 14.9 Å². The standard InChI is InChI=1S/C26H20F2N2O5/c1-14(10-24(31)29-18-8-9-22(28)23(11-18)30(32)33)19-12-20-21(16-4-6-17(27)7-5-16)13-35-26(20)15(2)25(19)34-3/h4-13H,1-3H3,(H,29,31)/b14-10+. The van der Waals surface area contributed by atoms with E-state index in [0.717, 1.165) is 34.2 Å². The molecule has 0 aliphatic rings. The Morgan fingerprint density at radius 2 is 1.86 bits per heavy atom. The zero-order valence-electron chi connectivity index (χ0n) is 19.0. The average Bonchev–Trinajstić information content (AvgIpc) is 3.25. The normalized spacial score (nSPS) is 11.5. The molecule has 4 aromatic rings. The quantitative estimate of drug-likeness (QED) is 0.190. The molecule has 0 radical (unpaired) electrons. The van der Waals surface area contributed by atoms with E-state index in [2.05, 4.69) is 5.32 Å². The predicted octanol–water partition coefficient (Wildman–Crippen LogP) is 6.65. The number of methoxy groups -OCH3 is 1. The number of benzene rings is 3. The molecule has 0 spiro atoms. The molecular weight excluding hydrogens is 458 g/mol. The number of hydrogen-bond donors (Lipinski definition) is 1. The molecule has 35 heavy (non-hydrogen) atoms. The van der Waals surface area contributed by atoms with Gasteiger partial charge in [0.25, 0.3) is 0 Å². The van der Waals surface area contributed by atoms with Crippen LogP contribution in [0, 0.1) is 28.7 Å². The van der Waals surface area contributed by atoms with Crippen molar-refractivity contribution in [3.63, 3.8) is 0 Å². The number of nitro groups is 1. The Bertz CT molecular complexity index is 1490. The van der Waals surface area contributed by atoms with Crippen LogP contribution in [-0.2, 0) is 4.79 Å². The fourth-order valence-electron chi connectivity index (χ4n) is 3.91. The van der Waals surface area contributed by atoms with E-state index in [9.17, 15) is 23.7 Å². The molecule has 1 heterocycles. The van der Waals surface area contributed by atoms with Crippen molar-refractivity contribution in [2.75, 3.05) is 12.4 Å². The van der Waals surface area contributed by atoms with Crippen LogP contribution >= 0.6 is 0 Å². The summed E-state index contributed by atoms with van der Waals surface area (Å²) < 4.78 is 38.4. The summed E-state index contributed by atoms with van der Waals surface area (Å²) in [5, 5.41) is 14.2. The van der Waals surface area contributed by atoms with Crippen molar-refractivity contribution in [1.29, 1.82) is 0 Å². The zero-order chi connectivity index (χ0) is 25.3. The molecule has 0 saturated heterocycles. The van der Waals surface area contributed by atoms with Gasteiger partial charge < -0.3 is 14.5 Å². The Hall–Kier alpha value is -4.53. The zero-order valence-corrected chi connectivity index (χ0v) is 19.0. The Morgan fingerprint density at radius 1 is 1.14 bits per heavy atom. The van der Waals surface area contributed by atoms with Gasteiger partial charge in [-0.1, -0.05) is 12.1 Å². The van der Waals surface area contributed by atoms with Gasteiger partial charge in [-0.15, -0.1) is 0 Å². The highest BCUT2D eigenvalue weighted by molar-refractivity contribution is 6.06. The number of ether oxygens (including phenoxy) is 1. The van der Waals surface area contributed by atoms with Crippen LogP contribution in [-0.4, -0.2) is 17.9 Å². The summed E-state index contributed by atoms with van der Waals surface area (Å²) in [4.78, 5) is 22.7. The summed E-state index contributed by atoms with van der Waals surface area (Å²) in [7, 11) is 1.51. The van der Waals surface area contributed by atoms with E-state index in [1.54, 1.807) is 25.3 Å². The molecule has 0 unspecified atom stereocenters. The number of carbonyl (C=O) groups is 1. The van der Waals surface area contributed by atoms with Crippen molar-refractivity contribution < 1.29 is 27.7 Å². The van der Waals surface area contributed by atoms with Crippen LogP contribution in [0.3, 0.4) is 0 Å². The maximum Gasteiger partial charge on any atom is 0.306 e. The highest BCUT2D eigenvalue weighted by atomic mass is 19.1. The Morgan fingerprint density at radius 3 is 2.51 bits per heavy atom. The molecule has 4 rings (SSSR count). The van der Waals surface area contributed by atoms with E-state index in [4.69, 9.17) is 9.15 Å². The van der Waals surface area contributed by atoms with Gasteiger partial charge in [0.2, 0.25) is 11.7 Å². The third-order valence-corrected chi connectivity index (χ3v) is 5.59. The van der Waals surface area contributed by atoms with E-state index in [1.165, 1.54) is 31.4 Å². The van der Waals surface area contributed by atoms with E-state index in [1.807, 2.05) is 13.0 Å². The first kappa shape index (κ1) is 23.6. The summed E-state index contributed by atoms with van der Waals surface area (Å²) >= 11 is 0. The largest absolute Gasteiger partial charge is 0.496 e. The first-order valence-electron chi connectivity index (χ1n) is 10.5. The van der Waals surface area contributed by atoms with E-state index in [0.29, 0.717) is 22.5 Å². The highest BCUT2D eigenvalue weighted by Crippen LogP contribution is 2.40. The number of anilines is 1. The van der Waals surface area contributed by atoms with Gasteiger partial charge >= 0.3 is 5.69 Å². The molecule has 1 aromatic heterocycles. The van der Waals surface area contributed by atoms with Crippen LogP contribution in [0.25, 0.3) is 27.7 Å². The van der Waals surface area contributed by atoms with Crippen molar-refractivity contribution in [2.45, 2.75) is 13.8 Å². The summed E-state index contributed by atoms with van der Waals surface area (Å²) in [6.45, 7) is 3.54. The molecule has 0 bridgehead atoms. The number of amides is 1. The van der Waals surface area contributed by atoms with Crippen molar-refractivity contribution >= 4 is 33.8 Å². The number of aryl methyl sites for hydroxylation is 1. The second-order valence-electron chi connectivity index (χ2n) is 7.86. The smallest absolute Gasteiger partial charge is 0.306 e. The van der Waals surface area contributed by atoms with Crippen LogP contribution in [0.15, 0.2) is 65.3 Å². The minimum absolute atomic E-state index is 0.0826. The van der Waals surface area contributed by atoms with Gasteiger partial charge in [0.1, 0.15) is 17.1 Å². The minimum atomic E-state index is -0.995. The predicted molar refractivity (Wildman–Crippen MR) is 128 cm³/mol. The molecule has 1 N–H and O–H groups in total. The highest BCUT2D eigenvalue weighted by Gasteiger charge is 2.19. The molecule has 178 valence electrons. The summed E-state index contributed by atoms with van der Waals surface area (Å²) in [5.41, 5.74) is 3.35. The van der Waals surface area contributed by atoms with E-state index >= 15 is 0 Å². The molecule has 0 aliphatic heterocycles. The van der Waals surface area contributed by atoms with Gasteiger partial charge in [0, 0.05) is 39.9 Å². The average molecular weight is 478 g/mol. The molecule has 9 heteroatoms. The monoisotopic (exact) mass is 478 g/mol. The van der Waals surface area contributed by atoms with Crippen molar-refractivity contribution in [3.8, 4) is 16.9 Å². The second-order valence-corrected chi connectivity index (χ2v) is 7.86. The molecule has 1 amide bonds. The number of hydrogen-bond acceptors (Lipinski definition) is 5. The molecule has 7 nitrogen and oxygen atoms in total. The summed E-state index contributed by atoms with van der Waals surface area (Å²) in [6, 6.07) is 11.0. The fourth-order valence-corrected chi connectivity index (χ4v) is 3.91. The number of carbonyl (C=O) groups excluding carboxylic acids is 1. The topological polar surface area (TPSA) is 94.6 Å². The van der Waals surface area contributed by atoms with Crippen molar-refractivity contribution in [2.24, 2.45) is 0 Å². The number of fused-ring (bicyclic) bond motifs is 1. The van der Waals surface area contributed by atoms with Crippen LogP contribution in [0.1, 0.15) is 18.1 Å². The fraction of sp³-hybridized carbons (Fsp3) is 0.115. The number of allylic oxidation sites excluding steroid dienone is 1. The SMILES string of the molecule is COc1c(/C(C)=C/C(=O)Nc2ccc(F)c([N+](=O)[O-])c2)cc2c(-c3ccc(F)cc3)coc2c1C. The van der Waals surface area contributed by atoms with Crippen LogP contribution in [0.5, 0.6) is 5.75 Å². The molecule has 3 aromatic carbocycles. The van der Waals surface area contributed by atoms with Gasteiger partial charge in [-0.05, 0) is 55.3 Å². The van der Waals surface area contributed by atoms with Gasteiger partial charge in [0.15, 0.2) is 0 Å². The second kappa shape index (κ2) is 9.38. The Kier molecular flexibility index (Phi) is 6.33. The first-order chi connectivity index (χ1) is 16.7. The Labute approximate surface area is 198 Å². The van der Waals surface area contributed by atoms with Crippen LogP contribution < -0.4 is 10.1 Å². The number of furan rings is 1. The third kappa shape index (κ3) is 4.61. The number of rotatable bonds is 6. The van der Waals surface area contributed by atoms with Crippen molar-refractivity contribution in [1.82, 2.24) is 0 Å². The number of nitro benzene ring substituents is 1. The summed E-state index contributed by atoms with van der Waals surface area (Å²) in [6.07, 6.45) is 2.90.